The summed E-state index contributed by atoms with van der Waals surface area (Å²) in [6.07, 6.45) is 13.8. The zero-order valence-electron chi connectivity index (χ0n) is 22.6. The van der Waals surface area contributed by atoms with Crippen LogP contribution in [0.5, 0.6) is 0 Å². The van der Waals surface area contributed by atoms with E-state index in [-0.39, 0.29) is 17.2 Å². The molecular weight excluding hydrogens is 488 g/mol. The Morgan fingerprint density at radius 2 is 1.59 bits per heavy atom. The molecule has 0 spiro atoms. The number of nitrogens with zero attached hydrogens (tertiary/aromatic N) is 2. The maximum absolute atomic E-state index is 14.0. The van der Waals surface area contributed by atoms with Crippen LogP contribution in [0, 0.1) is 11.8 Å². The highest BCUT2D eigenvalue weighted by atomic mass is 16.4. The summed E-state index contributed by atoms with van der Waals surface area (Å²) in [5.41, 5.74) is 2.82. The summed E-state index contributed by atoms with van der Waals surface area (Å²) in [7, 11) is 0. The van der Waals surface area contributed by atoms with E-state index in [4.69, 9.17) is 4.98 Å². The number of hydrogen-bond acceptors (Lipinski definition) is 5. The van der Waals surface area contributed by atoms with Crippen molar-refractivity contribution in [1.82, 2.24) is 14.9 Å². The minimum Gasteiger partial charge on any atom is -0.478 e. The average molecular weight is 529 g/mol. The molecule has 1 aromatic heterocycles. The van der Waals surface area contributed by atoms with Crippen LogP contribution in [0.15, 0.2) is 53.3 Å². The van der Waals surface area contributed by atoms with E-state index in [2.05, 4.69) is 10.6 Å². The quantitative estimate of drug-likeness (QED) is 0.341. The lowest BCUT2D eigenvalue weighted by Gasteiger charge is -2.30. The molecule has 4 atom stereocenters. The number of carboxylic acids is 1. The number of carboxylic acid groups (broad SMARTS) is 1. The summed E-state index contributed by atoms with van der Waals surface area (Å²) in [5.74, 6) is 0.910. The zero-order chi connectivity index (χ0) is 26.8. The van der Waals surface area contributed by atoms with E-state index in [1.54, 1.807) is 24.3 Å². The molecule has 2 unspecified atom stereocenters. The third-order valence-electron chi connectivity index (χ3n) is 9.19. The van der Waals surface area contributed by atoms with Gasteiger partial charge in [-0.05, 0) is 80.2 Å². The first-order valence-corrected chi connectivity index (χ1v) is 14.9. The number of carbonyl (C=O) groups is 1. The number of anilines is 1. The first-order chi connectivity index (χ1) is 19.0. The number of fused-ring (bicyclic) bond motifs is 2. The Hall–Kier alpha value is -3.19. The number of aromatic carboxylic acids is 1. The van der Waals surface area contributed by atoms with Crippen LogP contribution in [-0.2, 0) is 6.54 Å². The molecule has 0 bridgehead atoms. The second-order valence-corrected chi connectivity index (χ2v) is 12.0. The number of rotatable bonds is 7. The predicted octanol–water partition coefficient (Wildman–Crippen LogP) is 6.14. The van der Waals surface area contributed by atoms with Gasteiger partial charge in [-0.3, -0.25) is 4.79 Å². The maximum atomic E-state index is 14.0. The molecular formula is C32H40N4O3. The van der Waals surface area contributed by atoms with Gasteiger partial charge in [0.05, 0.1) is 16.6 Å². The van der Waals surface area contributed by atoms with Crippen molar-refractivity contribution in [2.75, 3.05) is 5.32 Å². The fourth-order valence-corrected chi connectivity index (χ4v) is 7.01. The summed E-state index contributed by atoms with van der Waals surface area (Å²) in [5, 5.41) is 16.5. The SMILES string of the molecule is O=C(O)c1ccc(CNc2nc3ccccc3n([C@H]3CC4CC4C[C@H](NC4CCCCCCC4)C3)c2=O)cc1. The molecule has 3 N–H and O–H groups in total. The lowest BCUT2D eigenvalue weighted by molar-refractivity contribution is 0.0697. The van der Waals surface area contributed by atoms with Crippen LogP contribution >= 0.6 is 0 Å². The number of nitrogens with one attached hydrogen (secondary N) is 2. The zero-order valence-corrected chi connectivity index (χ0v) is 22.6. The van der Waals surface area contributed by atoms with Crippen LogP contribution in [-0.4, -0.2) is 32.7 Å². The summed E-state index contributed by atoms with van der Waals surface area (Å²) in [6.45, 7) is 0.404. The summed E-state index contributed by atoms with van der Waals surface area (Å²) >= 11 is 0. The molecule has 3 saturated carbocycles. The molecule has 3 aliphatic rings. The normalized spacial score (nSPS) is 25.7. The highest BCUT2D eigenvalue weighted by Gasteiger charge is 2.44. The second kappa shape index (κ2) is 11.5. The Bertz CT molecular complexity index is 1360. The van der Waals surface area contributed by atoms with E-state index in [9.17, 15) is 14.7 Å². The molecule has 3 fully saturated rings. The monoisotopic (exact) mass is 528 g/mol. The van der Waals surface area contributed by atoms with Gasteiger partial charge in [-0.1, -0.05) is 56.4 Å². The Balaban J connectivity index is 1.26. The minimum absolute atomic E-state index is 0.0651. The fourth-order valence-electron chi connectivity index (χ4n) is 7.01. The standard InChI is InChI=1S/C32H40N4O3/c37-31-30(33-20-21-12-14-22(15-13-21)32(38)39)35-28-10-6-7-11-29(28)36(31)27-18-24-16-23(24)17-26(19-27)34-25-8-4-2-1-3-5-9-25/h6-7,10-15,23-27,34H,1-5,8-9,16-20H2,(H,33,35)(H,38,39)/t23?,24?,26-,27-/m0/s1. The number of benzene rings is 2. The maximum Gasteiger partial charge on any atom is 0.335 e. The molecule has 0 aliphatic heterocycles. The van der Waals surface area contributed by atoms with E-state index < -0.39 is 5.97 Å². The molecule has 0 amide bonds. The van der Waals surface area contributed by atoms with Crippen LogP contribution < -0.4 is 16.2 Å². The van der Waals surface area contributed by atoms with Gasteiger partial charge >= 0.3 is 5.97 Å². The van der Waals surface area contributed by atoms with Crippen LogP contribution in [0.1, 0.15) is 92.6 Å². The van der Waals surface area contributed by atoms with E-state index in [0.717, 1.165) is 35.4 Å². The second-order valence-electron chi connectivity index (χ2n) is 12.0. The smallest absolute Gasteiger partial charge is 0.335 e. The Labute approximate surface area is 230 Å². The molecule has 39 heavy (non-hydrogen) atoms. The van der Waals surface area contributed by atoms with Gasteiger partial charge in [-0.25, -0.2) is 9.78 Å². The van der Waals surface area contributed by atoms with Gasteiger partial charge in [0.25, 0.3) is 5.56 Å². The first-order valence-electron chi connectivity index (χ1n) is 14.9. The Morgan fingerprint density at radius 1 is 0.872 bits per heavy atom. The highest BCUT2D eigenvalue weighted by Crippen LogP contribution is 2.51. The lowest BCUT2D eigenvalue weighted by Crippen LogP contribution is -2.41. The van der Waals surface area contributed by atoms with Crippen LogP contribution in [0.3, 0.4) is 0 Å². The van der Waals surface area contributed by atoms with Crippen molar-refractivity contribution in [3.63, 3.8) is 0 Å². The van der Waals surface area contributed by atoms with Crippen LogP contribution in [0.4, 0.5) is 5.82 Å². The van der Waals surface area contributed by atoms with E-state index in [1.165, 1.54) is 57.8 Å². The third kappa shape index (κ3) is 6.03. The molecule has 206 valence electrons. The number of aromatic nitrogens is 2. The van der Waals surface area contributed by atoms with Crippen molar-refractivity contribution in [2.45, 2.75) is 95.3 Å². The van der Waals surface area contributed by atoms with Gasteiger partial charge in [-0.2, -0.15) is 0 Å². The van der Waals surface area contributed by atoms with Gasteiger partial charge in [0.2, 0.25) is 0 Å². The molecule has 7 heteroatoms. The first kappa shape index (κ1) is 26.1. The van der Waals surface area contributed by atoms with E-state index in [0.29, 0.717) is 30.4 Å². The highest BCUT2D eigenvalue weighted by molar-refractivity contribution is 5.87. The Morgan fingerprint density at radius 3 is 2.36 bits per heavy atom. The number of para-hydroxylation sites is 2. The summed E-state index contributed by atoms with van der Waals surface area (Å²) in [6, 6.07) is 15.9. The fraction of sp³-hybridized carbons (Fsp3) is 0.531. The van der Waals surface area contributed by atoms with Crippen molar-refractivity contribution in [3.8, 4) is 0 Å². The molecule has 3 aliphatic carbocycles. The van der Waals surface area contributed by atoms with E-state index >= 15 is 0 Å². The topological polar surface area (TPSA) is 96.2 Å². The average Bonchev–Trinajstić information content (AvgIpc) is 3.67. The molecule has 1 heterocycles. The van der Waals surface area contributed by atoms with Gasteiger partial charge in [-0.15, -0.1) is 0 Å². The molecule has 7 nitrogen and oxygen atoms in total. The van der Waals surface area contributed by atoms with Crippen molar-refractivity contribution in [3.05, 3.63) is 70.0 Å². The third-order valence-corrected chi connectivity index (χ3v) is 9.19. The molecule has 3 aromatic rings. The summed E-state index contributed by atoms with van der Waals surface area (Å²) in [4.78, 5) is 29.9. The van der Waals surface area contributed by atoms with E-state index in [1.807, 2.05) is 28.8 Å². The predicted molar refractivity (Wildman–Crippen MR) is 154 cm³/mol. The summed E-state index contributed by atoms with van der Waals surface area (Å²) < 4.78 is 2.03. The van der Waals surface area contributed by atoms with Gasteiger partial charge in [0, 0.05) is 24.7 Å². The lowest BCUT2D eigenvalue weighted by atomic mass is 9.94. The van der Waals surface area contributed by atoms with Gasteiger partial charge < -0.3 is 20.3 Å². The largest absolute Gasteiger partial charge is 0.478 e. The van der Waals surface area contributed by atoms with Crippen LogP contribution in [0.2, 0.25) is 0 Å². The molecule has 6 rings (SSSR count). The molecule has 0 radical (unpaired) electrons. The minimum atomic E-state index is -0.947. The van der Waals surface area contributed by atoms with Gasteiger partial charge in [0.15, 0.2) is 5.82 Å². The van der Waals surface area contributed by atoms with Gasteiger partial charge in [0.1, 0.15) is 0 Å². The van der Waals surface area contributed by atoms with Crippen LogP contribution in [0.25, 0.3) is 11.0 Å². The molecule has 0 saturated heterocycles. The van der Waals surface area contributed by atoms with Crippen molar-refractivity contribution in [2.24, 2.45) is 11.8 Å². The number of hydrogen-bond donors (Lipinski definition) is 3. The van der Waals surface area contributed by atoms with Crippen molar-refractivity contribution < 1.29 is 9.90 Å². The molecule has 2 aromatic carbocycles. The Kier molecular flexibility index (Phi) is 7.69. The van der Waals surface area contributed by atoms with Crippen molar-refractivity contribution in [1.29, 1.82) is 0 Å². The van der Waals surface area contributed by atoms with Crippen molar-refractivity contribution >= 4 is 22.8 Å².